The van der Waals surface area contributed by atoms with Gasteiger partial charge >= 0.3 is 0 Å². The number of pyridine rings is 1. The van der Waals surface area contributed by atoms with Crippen LogP contribution in [0.2, 0.25) is 5.02 Å². The molecule has 0 aromatic carbocycles. The van der Waals surface area contributed by atoms with Crippen molar-refractivity contribution in [1.82, 2.24) is 4.98 Å². The number of hydrogen-bond donors (Lipinski definition) is 1. The Balaban J connectivity index is 3.30. The van der Waals surface area contributed by atoms with E-state index in [1.165, 1.54) is 7.11 Å². The van der Waals surface area contributed by atoms with Crippen molar-refractivity contribution in [3.8, 4) is 5.88 Å². The minimum atomic E-state index is -2.73. The molecule has 1 rings (SSSR count). The van der Waals surface area contributed by atoms with Crippen LogP contribution >= 0.6 is 11.6 Å². The Hall–Kier alpha value is -1.10. The van der Waals surface area contributed by atoms with E-state index >= 15 is 0 Å². The van der Waals surface area contributed by atoms with E-state index in [9.17, 15) is 8.78 Å². The molecule has 1 heterocycles. The predicted molar refractivity (Wildman–Crippen MR) is 45.2 cm³/mol. The number of nitrogen functional groups attached to an aromatic ring is 1. The highest BCUT2D eigenvalue weighted by Crippen LogP contribution is 2.34. The molecule has 0 aliphatic carbocycles. The Morgan fingerprint density at radius 2 is 2.23 bits per heavy atom. The Labute approximate surface area is 78.5 Å². The molecule has 0 aliphatic rings. The highest BCUT2D eigenvalue weighted by molar-refractivity contribution is 6.31. The number of ether oxygens (including phenoxy) is 1. The van der Waals surface area contributed by atoms with Crippen LogP contribution in [-0.2, 0) is 0 Å². The van der Waals surface area contributed by atoms with E-state index in [4.69, 9.17) is 17.3 Å². The number of alkyl halides is 2. The first-order chi connectivity index (χ1) is 6.06. The van der Waals surface area contributed by atoms with Crippen molar-refractivity contribution in [2.75, 3.05) is 12.8 Å². The lowest BCUT2D eigenvalue weighted by Crippen LogP contribution is -2.00. The molecular formula is C7H7ClF2N2O. The molecule has 0 saturated heterocycles. The molecule has 1 aromatic heterocycles. The topological polar surface area (TPSA) is 48.1 Å². The molecule has 0 spiro atoms. The van der Waals surface area contributed by atoms with Crippen LogP contribution in [0.3, 0.4) is 0 Å². The molecule has 0 fully saturated rings. The van der Waals surface area contributed by atoms with Gasteiger partial charge in [-0.1, -0.05) is 11.6 Å². The molecule has 0 radical (unpaired) electrons. The fourth-order valence-corrected chi connectivity index (χ4v) is 1.15. The Morgan fingerprint density at radius 3 is 2.69 bits per heavy atom. The van der Waals surface area contributed by atoms with E-state index in [0.29, 0.717) is 0 Å². The van der Waals surface area contributed by atoms with Crippen LogP contribution in [0.25, 0.3) is 0 Å². The third-order valence-electron chi connectivity index (χ3n) is 1.40. The molecule has 13 heavy (non-hydrogen) atoms. The summed E-state index contributed by atoms with van der Waals surface area (Å²) in [6, 6.07) is 1.16. The maximum absolute atomic E-state index is 12.4. The molecule has 6 heteroatoms. The summed E-state index contributed by atoms with van der Waals surface area (Å²) in [4.78, 5) is 3.56. The lowest BCUT2D eigenvalue weighted by Gasteiger charge is -2.08. The summed E-state index contributed by atoms with van der Waals surface area (Å²) in [5, 5.41) is -0.139. The van der Waals surface area contributed by atoms with Gasteiger partial charge < -0.3 is 10.5 Å². The number of nitrogens with two attached hydrogens (primary N) is 1. The number of rotatable bonds is 2. The zero-order valence-electron chi connectivity index (χ0n) is 6.72. The van der Waals surface area contributed by atoms with Crippen LogP contribution in [0.5, 0.6) is 5.88 Å². The monoisotopic (exact) mass is 208 g/mol. The second kappa shape index (κ2) is 3.74. The Kier molecular flexibility index (Phi) is 2.87. The van der Waals surface area contributed by atoms with Crippen molar-refractivity contribution in [2.24, 2.45) is 0 Å². The van der Waals surface area contributed by atoms with Crippen LogP contribution in [0.4, 0.5) is 14.6 Å². The molecule has 2 N–H and O–H groups in total. The fourth-order valence-electron chi connectivity index (χ4n) is 0.873. The van der Waals surface area contributed by atoms with Crippen molar-refractivity contribution in [1.29, 1.82) is 0 Å². The van der Waals surface area contributed by atoms with E-state index in [1.807, 2.05) is 0 Å². The van der Waals surface area contributed by atoms with Crippen LogP contribution in [0, 0.1) is 0 Å². The largest absolute Gasteiger partial charge is 0.481 e. The SMILES string of the molecule is COc1nc(N)cc(Cl)c1C(F)F. The van der Waals surface area contributed by atoms with Crippen molar-refractivity contribution in [2.45, 2.75) is 6.43 Å². The summed E-state index contributed by atoms with van der Waals surface area (Å²) in [5.41, 5.74) is 4.85. The average Bonchev–Trinajstić information content (AvgIpc) is 2.01. The number of nitrogens with zero attached hydrogens (tertiary/aromatic N) is 1. The molecule has 0 aliphatic heterocycles. The van der Waals surface area contributed by atoms with E-state index in [0.717, 1.165) is 6.07 Å². The van der Waals surface area contributed by atoms with Gasteiger partial charge in [-0.15, -0.1) is 0 Å². The average molecular weight is 209 g/mol. The summed E-state index contributed by atoms with van der Waals surface area (Å²) >= 11 is 5.53. The van der Waals surface area contributed by atoms with Crippen LogP contribution < -0.4 is 10.5 Å². The summed E-state index contributed by atoms with van der Waals surface area (Å²) in [7, 11) is 1.23. The van der Waals surface area contributed by atoms with Crippen LogP contribution in [0.1, 0.15) is 12.0 Å². The number of hydrogen-bond acceptors (Lipinski definition) is 3. The standard InChI is InChI=1S/C7H7ClF2N2O/c1-13-7-5(6(9)10)3(8)2-4(11)12-7/h2,6H,1H3,(H2,11,12). The van der Waals surface area contributed by atoms with E-state index in [2.05, 4.69) is 9.72 Å². The predicted octanol–water partition coefficient (Wildman–Crippen LogP) is 2.26. The number of methoxy groups -OCH3 is 1. The summed E-state index contributed by atoms with van der Waals surface area (Å²) < 4.78 is 29.3. The molecule has 0 atom stereocenters. The lowest BCUT2D eigenvalue weighted by molar-refractivity contribution is 0.146. The second-order valence-electron chi connectivity index (χ2n) is 2.25. The molecule has 0 amide bonds. The van der Waals surface area contributed by atoms with Gasteiger partial charge in [0.05, 0.1) is 17.7 Å². The number of halogens is 3. The lowest BCUT2D eigenvalue weighted by atomic mass is 10.2. The summed E-state index contributed by atoms with van der Waals surface area (Å²) in [6.07, 6.45) is -2.73. The third kappa shape index (κ3) is 1.98. The molecule has 0 saturated carbocycles. The van der Waals surface area contributed by atoms with Crippen LogP contribution in [-0.4, -0.2) is 12.1 Å². The maximum atomic E-state index is 12.4. The zero-order chi connectivity index (χ0) is 10.0. The minimum absolute atomic E-state index is 0.0475. The summed E-state index contributed by atoms with van der Waals surface area (Å²) in [5.74, 6) is -0.189. The Morgan fingerprint density at radius 1 is 1.62 bits per heavy atom. The van der Waals surface area contributed by atoms with E-state index in [-0.39, 0.29) is 16.7 Å². The molecular weight excluding hydrogens is 202 g/mol. The highest BCUT2D eigenvalue weighted by Gasteiger charge is 2.19. The minimum Gasteiger partial charge on any atom is -0.481 e. The first-order valence-corrected chi connectivity index (χ1v) is 3.72. The summed E-state index contributed by atoms with van der Waals surface area (Å²) in [6.45, 7) is 0. The number of anilines is 1. The molecule has 3 nitrogen and oxygen atoms in total. The van der Waals surface area contributed by atoms with Crippen molar-refractivity contribution in [3.63, 3.8) is 0 Å². The smallest absolute Gasteiger partial charge is 0.270 e. The first kappa shape index (κ1) is 9.98. The van der Waals surface area contributed by atoms with E-state index in [1.54, 1.807) is 0 Å². The van der Waals surface area contributed by atoms with Crippen LogP contribution in [0.15, 0.2) is 6.07 Å². The molecule has 0 bridgehead atoms. The highest BCUT2D eigenvalue weighted by atomic mass is 35.5. The molecule has 0 unspecified atom stereocenters. The van der Waals surface area contributed by atoms with Gasteiger partial charge in [0, 0.05) is 0 Å². The van der Waals surface area contributed by atoms with Crippen molar-refractivity contribution in [3.05, 3.63) is 16.7 Å². The fraction of sp³-hybridized carbons (Fsp3) is 0.286. The second-order valence-corrected chi connectivity index (χ2v) is 2.66. The number of aromatic nitrogens is 1. The van der Waals surface area contributed by atoms with Gasteiger partial charge in [-0.25, -0.2) is 8.78 Å². The van der Waals surface area contributed by atoms with Gasteiger partial charge in [0.2, 0.25) is 5.88 Å². The van der Waals surface area contributed by atoms with Gasteiger partial charge in [0.15, 0.2) is 0 Å². The zero-order valence-corrected chi connectivity index (χ0v) is 7.48. The third-order valence-corrected chi connectivity index (χ3v) is 1.72. The van der Waals surface area contributed by atoms with Gasteiger partial charge in [-0.05, 0) is 6.07 Å². The van der Waals surface area contributed by atoms with Crippen molar-refractivity contribution < 1.29 is 13.5 Å². The molecule has 1 aromatic rings. The van der Waals surface area contributed by atoms with Gasteiger partial charge in [-0.3, -0.25) is 0 Å². The van der Waals surface area contributed by atoms with Gasteiger partial charge in [0.25, 0.3) is 6.43 Å². The van der Waals surface area contributed by atoms with E-state index < -0.39 is 12.0 Å². The normalized spacial score (nSPS) is 10.5. The quantitative estimate of drug-likeness (QED) is 0.811. The van der Waals surface area contributed by atoms with Gasteiger partial charge in [0.1, 0.15) is 5.82 Å². The van der Waals surface area contributed by atoms with Gasteiger partial charge in [-0.2, -0.15) is 4.98 Å². The maximum Gasteiger partial charge on any atom is 0.270 e. The van der Waals surface area contributed by atoms with Crippen molar-refractivity contribution >= 4 is 17.4 Å². The Bertz CT molecular complexity index is 320. The molecule has 72 valence electrons. The first-order valence-electron chi connectivity index (χ1n) is 3.34.